The first-order valence-electron chi connectivity index (χ1n) is 9.29. The number of carbonyl (C=O) groups is 1. The first-order chi connectivity index (χ1) is 11.5. The van der Waals surface area contributed by atoms with Crippen molar-refractivity contribution in [3.63, 3.8) is 0 Å². The summed E-state index contributed by atoms with van der Waals surface area (Å²) in [6.07, 6.45) is 4.63. The van der Waals surface area contributed by atoms with Crippen LogP contribution in [0, 0.1) is 0 Å². The second kappa shape index (κ2) is 6.15. The summed E-state index contributed by atoms with van der Waals surface area (Å²) >= 11 is 0. The second-order valence-corrected chi connectivity index (χ2v) is 7.54. The normalized spacial score (nSPS) is 28.5. The molecule has 0 bridgehead atoms. The van der Waals surface area contributed by atoms with Crippen molar-refractivity contribution in [1.29, 1.82) is 0 Å². The third kappa shape index (κ3) is 2.86. The van der Waals surface area contributed by atoms with Crippen molar-refractivity contribution in [3.05, 3.63) is 17.0 Å². The maximum Gasteiger partial charge on any atom is 0.274 e. The number of ether oxygens (including phenoxy) is 1. The molecular weight excluding hydrogens is 304 g/mol. The molecule has 2 aliphatic heterocycles. The van der Waals surface area contributed by atoms with Crippen molar-refractivity contribution in [2.45, 2.75) is 57.8 Å². The summed E-state index contributed by atoms with van der Waals surface area (Å²) in [7, 11) is 1.92. The van der Waals surface area contributed by atoms with Gasteiger partial charge in [0.25, 0.3) is 5.91 Å². The van der Waals surface area contributed by atoms with Gasteiger partial charge in [0, 0.05) is 51.3 Å². The fourth-order valence-electron chi connectivity index (χ4n) is 4.31. The average Bonchev–Trinajstić information content (AvgIpc) is 3.33. The summed E-state index contributed by atoms with van der Waals surface area (Å²) in [5.74, 6) is 0.103. The van der Waals surface area contributed by atoms with E-state index in [9.17, 15) is 4.79 Å². The van der Waals surface area contributed by atoms with E-state index in [0.717, 1.165) is 56.3 Å². The van der Waals surface area contributed by atoms with E-state index >= 15 is 0 Å². The summed E-state index contributed by atoms with van der Waals surface area (Å²) in [5.41, 5.74) is 2.80. The molecule has 0 unspecified atom stereocenters. The number of nitrogens with zero attached hydrogens (tertiary/aromatic N) is 4. The predicted molar refractivity (Wildman–Crippen MR) is 91.0 cm³/mol. The minimum Gasteiger partial charge on any atom is -0.369 e. The van der Waals surface area contributed by atoms with Crippen molar-refractivity contribution in [1.82, 2.24) is 19.6 Å². The number of carbonyl (C=O) groups excluding carboxylic acids is 1. The Morgan fingerprint density at radius 1 is 1.17 bits per heavy atom. The molecule has 2 atom stereocenters. The van der Waals surface area contributed by atoms with Gasteiger partial charge in [-0.15, -0.1) is 0 Å². The third-order valence-corrected chi connectivity index (χ3v) is 5.59. The highest BCUT2D eigenvalue weighted by molar-refractivity contribution is 5.94. The lowest BCUT2D eigenvalue weighted by molar-refractivity contribution is -0.00906. The molecule has 0 N–H and O–H groups in total. The van der Waals surface area contributed by atoms with Gasteiger partial charge in [0.15, 0.2) is 5.69 Å². The summed E-state index contributed by atoms with van der Waals surface area (Å²) in [6, 6.07) is 0.779. The number of aromatic nitrogens is 2. The summed E-state index contributed by atoms with van der Waals surface area (Å²) < 4.78 is 7.75. The molecule has 1 saturated heterocycles. The van der Waals surface area contributed by atoms with E-state index in [-0.39, 0.29) is 18.1 Å². The average molecular weight is 332 g/mol. The van der Waals surface area contributed by atoms with Gasteiger partial charge in [0.1, 0.15) is 0 Å². The van der Waals surface area contributed by atoms with Crippen LogP contribution in [-0.4, -0.2) is 63.8 Å². The molecule has 3 heterocycles. The van der Waals surface area contributed by atoms with Crippen molar-refractivity contribution in [3.8, 4) is 0 Å². The Morgan fingerprint density at radius 2 is 1.96 bits per heavy atom. The Morgan fingerprint density at radius 3 is 2.71 bits per heavy atom. The lowest BCUT2D eigenvalue weighted by atomic mass is 9.99. The summed E-state index contributed by atoms with van der Waals surface area (Å²) in [6.45, 7) is 7.90. The Balaban J connectivity index is 1.55. The van der Waals surface area contributed by atoms with Gasteiger partial charge in [-0.05, 0) is 33.1 Å². The summed E-state index contributed by atoms with van der Waals surface area (Å²) in [5, 5.41) is 4.58. The van der Waals surface area contributed by atoms with Gasteiger partial charge >= 0.3 is 0 Å². The minimum absolute atomic E-state index is 0.00251. The van der Waals surface area contributed by atoms with Crippen LogP contribution < -0.4 is 0 Å². The van der Waals surface area contributed by atoms with Crippen LogP contribution in [0.5, 0.6) is 0 Å². The zero-order valence-corrected chi connectivity index (χ0v) is 15.0. The minimum atomic E-state index is -0.00251. The maximum atomic E-state index is 13.1. The first-order valence-corrected chi connectivity index (χ1v) is 9.29. The van der Waals surface area contributed by atoms with E-state index in [4.69, 9.17) is 4.74 Å². The Hall–Kier alpha value is -1.40. The molecule has 2 fully saturated rings. The lowest BCUT2D eigenvalue weighted by Gasteiger charge is -2.27. The quantitative estimate of drug-likeness (QED) is 0.828. The molecule has 1 aromatic rings. The van der Waals surface area contributed by atoms with E-state index < -0.39 is 0 Å². The van der Waals surface area contributed by atoms with Gasteiger partial charge in [0.2, 0.25) is 0 Å². The van der Waals surface area contributed by atoms with Crippen LogP contribution in [0.4, 0.5) is 0 Å². The monoisotopic (exact) mass is 332 g/mol. The zero-order valence-electron chi connectivity index (χ0n) is 15.0. The molecule has 0 spiro atoms. The molecule has 6 heteroatoms. The number of hydrogen-bond acceptors (Lipinski definition) is 4. The third-order valence-electron chi connectivity index (χ3n) is 5.59. The Labute approximate surface area is 143 Å². The molecule has 4 rings (SSSR count). The van der Waals surface area contributed by atoms with Crippen molar-refractivity contribution in [2.24, 2.45) is 7.05 Å². The van der Waals surface area contributed by atoms with Gasteiger partial charge in [-0.25, -0.2) is 0 Å². The van der Waals surface area contributed by atoms with Crippen molar-refractivity contribution >= 4 is 5.91 Å². The van der Waals surface area contributed by atoms with Crippen LogP contribution in [0.15, 0.2) is 0 Å². The van der Waals surface area contributed by atoms with Crippen LogP contribution in [0.3, 0.4) is 0 Å². The molecule has 1 amide bonds. The standard InChI is InChI=1S/C18H28N4O2/c1-12-11-15-16(19-20(3)17(15)13(2)24-12)18(23)22-8-4-7-21(9-10-22)14-5-6-14/h12-14H,4-11H2,1-3H3/t12-,13+/m1/s1. The van der Waals surface area contributed by atoms with Crippen LogP contribution in [0.1, 0.15) is 61.0 Å². The number of aryl methyl sites for hydroxylation is 1. The Bertz CT molecular complexity index is 637. The molecule has 3 aliphatic rings. The van der Waals surface area contributed by atoms with Gasteiger partial charge in [-0.1, -0.05) is 0 Å². The molecule has 6 nitrogen and oxygen atoms in total. The number of fused-ring (bicyclic) bond motifs is 1. The van der Waals surface area contributed by atoms with E-state index in [1.54, 1.807) is 0 Å². The SMILES string of the molecule is C[C@@H]1Cc2c(C(=O)N3CCCN(C4CC4)CC3)nn(C)c2[C@H](C)O1. The highest BCUT2D eigenvalue weighted by Gasteiger charge is 2.35. The van der Waals surface area contributed by atoms with E-state index in [1.165, 1.54) is 12.8 Å². The highest BCUT2D eigenvalue weighted by atomic mass is 16.5. The number of amides is 1. The van der Waals surface area contributed by atoms with Crippen molar-refractivity contribution < 1.29 is 9.53 Å². The fraction of sp³-hybridized carbons (Fsp3) is 0.778. The fourth-order valence-corrected chi connectivity index (χ4v) is 4.31. The smallest absolute Gasteiger partial charge is 0.274 e. The van der Waals surface area contributed by atoms with E-state index in [1.807, 2.05) is 23.6 Å². The number of hydrogen-bond donors (Lipinski definition) is 0. The van der Waals surface area contributed by atoms with E-state index in [2.05, 4.69) is 16.9 Å². The molecule has 1 aliphatic carbocycles. The summed E-state index contributed by atoms with van der Waals surface area (Å²) in [4.78, 5) is 17.7. The van der Waals surface area contributed by atoms with Gasteiger partial charge in [0.05, 0.1) is 17.9 Å². The molecule has 0 aromatic carbocycles. The number of rotatable bonds is 2. The molecular formula is C18H28N4O2. The lowest BCUT2D eigenvalue weighted by Crippen LogP contribution is -2.36. The van der Waals surface area contributed by atoms with E-state index in [0.29, 0.717) is 5.69 Å². The van der Waals surface area contributed by atoms with Crippen molar-refractivity contribution in [2.75, 3.05) is 26.2 Å². The van der Waals surface area contributed by atoms with Gasteiger partial charge in [-0.3, -0.25) is 14.4 Å². The van der Waals surface area contributed by atoms with Gasteiger partial charge < -0.3 is 9.64 Å². The highest BCUT2D eigenvalue weighted by Crippen LogP contribution is 2.32. The second-order valence-electron chi connectivity index (χ2n) is 7.54. The molecule has 0 radical (unpaired) electrons. The molecule has 132 valence electrons. The van der Waals surface area contributed by atoms with Gasteiger partial charge in [-0.2, -0.15) is 5.10 Å². The topological polar surface area (TPSA) is 50.6 Å². The molecule has 1 aromatic heterocycles. The maximum absolute atomic E-state index is 13.1. The molecule has 1 saturated carbocycles. The van der Waals surface area contributed by atoms with Crippen LogP contribution in [0.25, 0.3) is 0 Å². The van der Waals surface area contributed by atoms with Crippen LogP contribution in [0.2, 0.25) is 0 Å². The molecule has 24 heavy (non-hydrogen) atoms. The largest absolute Gasteiger partial charge is 0.369 e. The zero-order chi connectivity index (χ0) is 16.8. The first kappa shape index (κ1) is 16.1. The Kier molecular flexibility index (Phi) is 4.12. The van der Waals surface area contributed by atoms with Crippen LogP contribution in [-0.2, 0) is 18.2 Å². The predicted octanol–water partition coefficient (Wildman–Crippen LogP) is 1.75. The van der Waals surface area contributed by atoms with Crippen LogP contribution >= 0.6 is 0 Å².